The fourth-order valence-electron chi connectivity index (χ4n) is 8.39. The Labute approximate surface area is 296 Å². The molecule has 222 valence electrons. The zero-order chi connectivity index (χ0) is 34.1. The molecule has 0 N–H and O–H groups in total. The molecular formula is C38H33B8ClO. The van der Waals surface area contributed by atoms with E-state index in [1.165, 1.54) is 60.7 Å². The molecule has 0 bridgehead atoms. The van der Waals surface area contributed by atoms with Crippen molar-refractivity contribution < 1.29 is 4.42 Å². The third-order valence-corrected chi connectivity index (χ3v) is 11.6. The monoisotopic (exact) mass is 628 g/mol. The first kappa shape index (κ1) is 32.3. The van der Waals surface area contributed by atoms with Gasteiger partial charge in [0, 0.05) is 21.4 Å². The average molecular weight is 628 g/mol. The second-order valence-corrected chi connectivity index (χ2v) is 13.8. The first-order valence-corrected chi connectivity index (χ1v) is 17.2. The van der Waals surface area contributed by atoms with Gasteiger partial charge in [-0.05, 0) is 57.1 Å². The van der Waals surface area contributed by atoms with Crippen LogP contribution in [0.25, 0.3) is 44.2 Å². The molecule has 1 aliphatic carbocycles. The predicted octanol–water partition coefficient (Wildman–Crippen LogP) is -0.696. The van der Waals surface area contributed by atoms with Crippen LogP contribution in [0.1, 0.15) is 16.7 Å². The molecule has 0 amide bonds. The van der Waals surface area contributed by atoms with Crippen LogP contribution in [-0.2, 0) is 5.41 Å². The minimum absolute atomic E-state index is 0.568. The molecule has 0 aliphatic heterocycles. The summed E-state index contributed by atoms with van der Waals surface area (Å²) < 4.78 is 6.45. The SMILES string of the molecule is BC/C(=C(B)\C(B)=C(\B)C#C)C1(c2ccc(-c3cccc4c3oc3ccccc34)cc2)c2cc(Cl)ccc2-c2c(B)c(B)c(B)c(B)c21. The summed E-state index contributed by atoms with van der Waals surface area (Å²) in [4.78, 5) is 0. The smallest absolute Gasteiger partial charge is 0.149 e. The molecule has 1 aromatic heterocycles. The Morgan fingerprint density at radius 1 is 0.750 bits per heavy atom. The Morgan fingerprint density at radius 3 is 2.15 bits per heavy atom. The Kier molecular flexibility index (Phi) is 8.09. The average Bonchev–Trinajstić information content (AvgIpc) is 3.63. The van der Waals surface area contributed by atoms with E-state index < -0.39 is 5.41 Å². The standard InChI is InChI=1S/C38H33B8ClO/c1-2-27(40)32(42)31(41)26(17-39)38(25-16-20(47)14-15-24(25)29-30(38)34(44)36(46)35(45)33(29)43)19-12-10-18(11-13-19)21-7-5-8-23-22-6-3-4-9-28(22)48-37(21)23/h1,3-16H,17,39-46H2/b31-26-,32-27-. The van der Waals surface area contributed by atoms with Crippen molar-refractivity contribution in [1.29, 1.82) is 0 Å². The highest BCUT2D eigenvalue weighted by molar-refractivity contribution is 6.64. The molecule has 0 fully saturated rings. The number of furan rings is 1. The highest BCUT2D eigenvalue weighted by atomic mass is 35.5. The van der Waals surface area contributed by atoms with Gasteiger partial charge in [0.1, 0.15) is 73.9 Å². The molecule has 0 spiro atoms. The Hall–Kier alpha value is -4.25. The van der Waals surface area contributed by atoms with Crippen molar-refractivity contribution in [1.82, 2.24) is 0 Å². The van der Waals surface area contributed by atoms with Crippen molar-refractivity contribution in [2.45, 2.75) is 11.7 Å². The second kappa shape index (κ2) is 12.0. The van der Waals surface area contributed by atoms with Crippen molar-refractivity contribution in [3.63, 3.8) is 0 Å². The molecule has 7 rings (SSSR count). The second-order valence-electron chi connectivity index (χ2n) is 13.4. The lowest BCUT2D eigenvalue weighted by atomic mass is 9.54. The number of para-hydroxylation sites is 2. The van der Waals surface area contributed by atoms with E-state index in [0.717, 1.165) is 55.4 Å². The van der Waals surface area contributed by atoms with Crippen LogP contribution >= 0.6 is 11.6 Å². The molecular weight excluding hydrogens is 594 g/mol. The van der Waals surface area contributed by atoms with Gasteiger partial charge in [-0.1, -0.05) is 118 Å². The topological polar surface area (TPSA) is 13.1 Å². The molecule has 0 radical (unpaired) electrons. The van der Waals surface area contributed by atoms with Crippen molar-refractivity contribution >= 4 is 118 Å². The third kappa shape index (κ3) is 4.53. The highest BCUT2D eigenvalue weighted by Crippen LogP contribution is 2.57. The van der Waals surface area contributed by atoms with Gasteiger partial charge in [0.25, 0.3) is 0 Å². The van der Waals surface area contributed by atoms with E-state index in [4.69, 9.17) is 22.4 Å². The van der Waals surface area contributed by atoms with Gasteiger partial charge in [-0.15, -0.1) is 17.3 Å². The molecule has 0 saturated carbocycles. The maximum Gasteiger partial charge on any atom is 0.149 e. The third-order valence-electron chi connectivity index (χ3n) is 11.4. The van der Waals surface area contributed by atoms with Crippen LogP contribution in [0.5, 0.6) is 0 Å². The normalized spacial score (nSPS) is 16.2. The summed E-state index contributed by atoms with van der Waals surface area (Å²) in [7, 11) is 17.8. The molecule has 5 aromatic carbocycles. The van der Waals surface area contributed by atoms with Crippen LogP contribution < -0.4 is 21.9 Å². The summed E-state index contributed by atoms with van der Waals surface area (Å²) >= 11 is 6.92. The molecule has 1 atom stereocenters. The first-order chi connectivity index (χ1) is 23.1. The van der Waals surface area contributed by atoms with Gasteiger partial charge in [0.05, 0.1) is 5.41 Å². The van der Waals surface area contributed by atoms with Crippen molar-refractivity contribution in [3.8, 4) is 34.6 Å². The fraction of sp³-hybridized carbons (Fsp3) is 0.0526. The zero-order valence-electron chi connectivity index (χ0n) is 29.2. The van der Waals surface area contributed by atoms with Crippen LogP contribution in [0.2, 0.25) is 11.3 Å². The Morgan fingerprint density at radius 2 is 1.44 bits per heavy atom. The summed E-state index contributed by atoms with van der Waals surface area (Å²) in [5, 5.41) is 3.01. The molecule has 1 aliphatic rings. The van der Waals surface area contributed by atoms with Crippen molar-refractivity contribution in [2.24, 2.45) is 0 Å². The molecule has 0 saturated heterocycles. The largest absolute Gasteiger partial charge is 0.455 e. The van der Waals surface area contributed by atoms with E-state index in [1.807, 2.05) is 26.0 Å². The minimum atomic E-state index is -0.568. The van der Waals surface area contributed by atoms with E-state index in [9.17, 15) is 0 Å². The fourth-order valence-corrected chi connectivity index (χ4v) is 8.56. The number of benzene rings is 5. The summed E-state index contributed by atoms with van der Waals surface area (Å²) in [5.41, 5.74) is 19.9. The van der Waals surface area contributed by atoms with E-state index in [2.05, 4.69) is 128 Å². The number of halogens is 1. The van der Waals surface area contributed by atoms with Crippen LogP contribution in [0.4, 0.5) is 0 Å². The van der Waals surface area contributed by atoms with Gasteiger partial charge in [-0.25, -0.2) is 0 Å². The number of allylic oxidation sites excluding steroid dienone is 4. The van der Waals surface area contributed by atoms with Crippen LogP contribution in [0.15, 0.2) is 111 Å². The molecule has 1 unspecified atom stereocenters. The Bertz CT molecular complexity index is 2430. The van der Waals surface area contributed by atoms with Gasteiger partial charge in [-0.2, -0.15) is 0 Å². The quantitative estimate of drug-likeness (QED) is 0.140. The molecule has 6 aromatic rings. The van der Waals surface area contributed by atoms with Crippen LogP contribution in [-0.4, -0.2) is 62.8 Å². The number of fused-ring (bicyclic) bond motifs is 6. The lowest BCUT2D eigenvalue weighted by Gasteiger charge is -2.40. The maximum atomic E-state index is 6.92. The molecule has 48 heavy (non-hydrogen) atoms. The number of hydrogen-bond acceptors (Lipinski definition) is 1. The number of terminal acetylenes is 1. The summed E-state index contributed by atoms with van der Waals surface area (Å²) in [6.45, 7) is 0. The highest BCUT2D eigenvalue weighted by Gasteiger charge is 2.49. The number of rotatable bonds is 5. The molecule has 1 heterocycles. The molecule has 1 nitrogen and oxygen atoms in total. The van der Waals surface area contributed by atoms with Gasteiger partial charge < -0.3 is 4.42 Å². The van der Waals surface area contributed by atoms with Gasteiger partial charge >= 0.3 is 0 Å². The summed E-state index contributed by atoms with van der Waals surface area (Å²) in [5.74, 6) is 2.92. The van der Waals surface area contributed by atoms with Crippen molar-refractivity contribution in [3.05, 3.63) is 129 Å². The first-order valence-electron chi connectivity index (χ1n) is 16.8. The van der Waals surface area contributed by atoms with Crippen molar-refractivity contribution in [2.75, 3.05) is 0 Å². The van der Waals surface area contributed by atoms with Gasteiger partial charge in [0.15, 0.2) is 0 Å². The van der Waals surface area contributed by atoms with Crippen LogP contribution in [0, 0.1) is 12.3 Å². The summed E-state index contributed by atoms with van der Waals surface area (Å²) in [6, 6.07) is 30.4. The van der Waals surface area contributed by atoms with Gasteiger partial charge in [0.2, 0.25) is 0 Å². The minimum Gasteiger partial charge on any atom is -0.455 e. The van der Waals surface area contributed by atoms with E-state index in [0.29, 0.717) is 0 Å². The van der Waals surface area contributed by atoms with E-state index in [-0.39, 0.29) is 0 Å². The van der Waals surface area contributed by atoms with Crippen LogP contribution in [0.3, 0.4) is 0 Å². The maximum absolute atomic E-state index is 6.92. The van der Waals surface area contributed by atoms with E-state index in [1.54, 1.807) is 0 Å². The van der Waals surface area contributed by atoms with Gasteiger partial charge in [-0.3, -0.25) is 0 Å². The zero-order valence-corrected chi connectivity index (χ0v) is 29.9. The predicted molar refractivity (Wildman–Crippen MR) is 231 cm³/mol. The summed E-state index contributed by atoms with van der Waals surface area (Å²) in [6.07, 6.45) is 6.83. The molecule has 10 heteroatoms. The lowest BCUT2D eigenvalue weighted by molar-refractivity contribution is 0.670. The number of hydrogen-bond donors (Lipinski definition) is 0. The Balaban J connectivity index is 1.59. The lowest BCUT2D eigenvalue weighted by Crippen LogP contribution is -2.52. The van der Waals surface area contributed by atoms with E-state index >= 15 is 0 Å².